The van der Waals surface area contributed by atoms with Gasteiger partial charge in [0.25, 0.3) is 0 Å². The lowest BCUT2D eigenvalue weighted by Gasteiger charge is -2.69. The van der Waals surface area contributed by atoms with Crippen LogP contribution in [0.25, 0.3) is 0 Å². The maximum absolute atomic E-state index is 14.6. The number of fused-ring (bicyclic) bond motifs is 3. The van der Waals surface area contributed by atoms with Crippen LogP contribution in [0.3, 0.4) is 0 Å². The van der Waals surface area contributed by atoms with Crippen molar-refractivity contribution in [2.24, 2.45) is 39.7 Å². The number of nitrogens with two attached hydrogens (primary N) is 1. The van der Waals surface area contributed by atoms with Crippen molar-refractivity contribution in [3.05, 3.63) is 71.3 Å². The number of hydrogen-bond donors (Lipinski definition) is 1. The van der Waals surface area contributed by atoms with Crippen LogP contribution in [0.1, 0.15) is 118 Å². The molecule has 7 atom stereocenters. The molecule has 46 heavy (non-hydrogen) atoms. The second-order valence-electron chi connectivity index (χ2n) is 15.5. The summed E-state index contributed by atoms with van der Waals surface area (Å²) in [6, 6.07) is 6.08. The Balaban J connectivity index is 1.21. The van der Waals surface area contributed by atoms with Crippen LogP contribution in [0.5, 0.6) is 0 Å². The van der Waals surface area contributed by atoms with E-state index in [2.05, 4.69) is 36.5 Å². The summed E-state index contributed by atoms with van der Waals surface area (Å²) >= 11 is 0. The van der Waals surface area contributed by atoms with Crippen molar-refractivity contribution >= 4 is 17.7 Å². The number of aryl methyl sites for hydroxylation is 1. The summed E-state index contributed by atoms with van der Waals surface area (Å²) in [7, 11) is 0. The second-order valence-corrected chi connectivity index (χ2v) is 15.5. The molecular formula is C40H49NO5. The third kappa shape index (κ3) is 3.94. The molecule has 3 saturated carbocycles. The summed E-state index contributed by atoms with van der Waals surface area (Å²) in [6.07, 6.45) is 27.4. The molecule has 0 bridgehead atoms. The first-order valence-electron chi connectivity index (χ1n) is 18.3. The lowest BCUT2D eigenvalue weighted by atomic mass is 9.31. The minimum absolute atomic E-state index is 0.00159. The monoisotopic (exact) mass is 623 g/mol. The van der Waals surface area contributed by atoms with E-state index < -0.39 is 22.5 Å². The van der Waals surface area contributed by atoms with Crippen molar-refractivity contribution in [2.45, 2.75) is 114 Å². The van der Waals surface area contributed by atoms with Crippen LogP contribution in [0.2, 0.25) is 0 Å². The van der Waals surface area contributed by atoms with Crippen molar-refractivity contribution in [3.63, 3.8) is 0 Å². The number of ether oxygens (including phenoxy) is 2. The largest absolute Gasteiger partial charge is 0.453 e. The molecule has 244 valence electrons. The van der Waals surface area contributed by atoms with Gasteiger partial charge in [-0.15, -0.1) is 0 Å². The fourth-order valence-corrected chi connectivity index (χ4v) is 11.7. The van der Waals surface area contributed by atoms with Crippen molar-refractivity contribution in [2.75, 3.05) is 6.54 Å². The van der Waals surface area contributed by atoms with Gasteiger partial charge in [-0.3, -0.25) is 9.59 Å². The fraction of sp³-hybridized carbons (Fsp3) is 0.625. The van der Waals surface area contributed by atoms with Crippen molar-refractivity contribution < 1.29 is 23.9 Å². The van der Waals surface area contributed by atoms with Gasteiger partial charge in [0.2, 0.25) is 0 Å². The number of cyclic esters (lactones) is 1. The van der Waals surface area contributed by atoms with E-state index >= 15 is 0 Å². The Labute approximate surface area is 273 Å². The van der Waals surface area contributed by atoms with Crippen LogP contribution >= 0.6 is 0 Å². The molecule has 1 saturated heterocycles. The van der Waals surface area contributed by atoms with Crippen molar-refractivity contribution in [1.29, 1.82) is 0 Å². The Hall–Kier alpha value is -2.99. The van der Waals surface area contributed by atoms with Crippen LogP contribution in [0, 0.1) is 34.0 Å². The number of carbonyl (C=O) groups excluding carboxylic acids is 3. The molecule has 1 spiro atoms. The summed E-state index contributed by atoms with van der Waals surface area (Å²) in [5.41, 5.74) is 5.38. The highest BCUT2D eigenvalue weighted by Gasteiger charge is 2.92. The Morgan fingerprint density at radius 1 is 0.978 bits per heavy atom. The molecule has 0 aromatic heterocycles. The maximum Gasteiger partial charge on any atom is 0.339 e. The molecule has 5 aliphatic carbocycles. The molecule has 2 aliphatic heterocycles. The highest BCUT2D eigenvalue weighted by atomic mass is 16.6. The lowest BCUT2D eigenvalue weighted by molar-refractivity contribution is -0.292. The lowest BCUT2D eigenvalue weighted by Crippen LogP contribution is -2.77. The van der Waals surface area contributed by atoms with Gasteiger partial charge < -0.3 is 15.2 Å². The summed E-state index contributed by atoms with van der Waals surface area (Å²) < 4.78 is 13.1. The smallest absolute Gasteiger partial charge is 0.339 e. The molecule has 6 nitrogen and oxygen atoms in total. The number of Topliss-reactive ketones (excluding diaryl/α,β-unsaturated/α-hetero) is 1. The summed E-state index contributed by atoms with van der Waals surface area (Å²) in [6.45, 7) is 0.540. The molecule has 6 heteroatoms. The topological polar surface area (TPSA) is 95.7 Å². The van der Waals surface area contributed by atoms with Gasteiger partial charge in [-0.2, -0.15) is 0 Å². The number of carbonyl (C=O) groups is 3. The van der Waals surface area contributed by atoms with Crippen molar-refractivity contribution in [3.8, 4) is 0 Å². The number of rotatable bonds is 10. The van der Waals surface area contributed by atoms with E-state index in [1.54, 1.807) is 0 Å². The molecule has 0 radical (unpaired) electrons. The molecule has 8 rings (SSSR count). The van der Waals surface area contributed by atoms with Crippen LogP contribution in [-0.2, 0) is 31.1 Å². The molecule has 2 heterocycles. The maximum atomic E-state index is 14.6. The Bertz CT molecular complexity index is 1520. The predicted octanol–water partition coefficient (Wildman–Crippen LogP) is 7.44. The zero-order chi connectivity index (χ0) is 31.6. The van der Waals surface area contributed by atoms with E-state index in [1.807, 2.05) is 18.2 Å². The highest BCUT2D eigenvalue weighted by molar-refractivity contribution is 6.01. The van der Waals surface area contributed by atoms with E-state index in [0.29, 0.717) is 43.2 Å². The molecule has 1 aromatic carbocycles. The third-order valence-corrected chi connectivity index (χ3v) is 13.7. The zero-order valence-corrected chi connectivity index (χ0v) is 27.1. The first-order chi connectivity index (χ1) is 22.4. The molecule has 2 N–H and O–H groups in total. The first-order valence-corrected chi connectivity index (χ1v) is 18.3. The van der Waals surface area contributed by atoms with E-state index in [0.717, 1.165) is 62.5 Å². The van der Waals surface area contributed by atoms with E-state index in [1.165, 1.54) is 32.1 Å². The molecule has 1 aromatic rings. The summed E-state index contributed by atoms with van der Waals surface area (Å²) in [5.74, 6) is 0.191. The molecule has 4 fully saturated rings. The van der Waals surface area contributed by atoms with Gasteiger partial charge in [0.1, 0.15) is 5.41 Å². The van der Waals surface area contributed by atoms with Crippen LogP contribution < -0.4 is 5.73 Å². The van der Waals surface area contributed by atoms with Crippen molar-refractivity contribution in [1.82, 2.24) is 0 Å². The van der Waals surface area contributed by atoms with Gasteiger partial charge in [-0.25, -0.2) is 4.79 Å². The Kier molecular flexibility index (Phi) is 7.47. The van der Waals surface area contributed by atoms with Gasteiger partial charge in [0.15, 0.2) is 17.5 Å². The first kappa shape index (κ1) is 30.4. The predicted molar refractivity (Wildman–Crippen MR) is 176 cm³/mol. The SMILES string of the molecule is NCCCc1cccc2c1C(=O)OC21C(CCC2CCCCC2)C23C=CCCC21C(C(=O)CCC12C=CC=CC1CCC2)OC3=O. The summed E-state index contributed by atoms with van der Waals surface area (Å²) in [5, 5.41) is 0. The quantitative estimate of drug-likeness (QED) is 0.215. The van der Waals surface area contributed by atoms with Gasteiger partial charge in [-0.05, 0) is 87.1 Å². The van der Waals surface area contributed by atoms with E-state index in [4.69, 9.17) is 15.2 Å². The number of esters is 2. The molecule has 7 aliphatic rings. The van der Waals surface area contributed by atoms with E-state index in [-0.39, 0.29) is 29.1 Å². The number of ketones is 1. The Morgan fingerprint density at radius 3 is 2.70 bits per heavy atom. The molecular weight excluding hydrogens is 574 g/mol. The van der Waals surface area contributed by atoms with Gasteiger partial charge >= 0.3 is 11.9 Å². The second kappa shape index (κ2) is 11.3. The van der Waals surface area contributed by atoms with Gasteiger partial charge in [-0.1, -0.05) is 93.2 Å². The minimum atomic E-state index is -1.06. The van der Waals surface area contributed by atoms with E-state index in [9.17, 15) is 14.4 Å². The van der Waals surface area contributed by atoms with Crippen LogP contribution in [-0.4, -0.2) is 30.4 Å². The highest BCUT2D eigenvalue weighted by Crippen LogP contribution is 2.83. The average Bonchev–Trinajstić information content (AvgIpc) is 3.73. The molecule has 7 unspecified atom stereocenters. The van der Waals surface area contributed by atoms with Gasteiger partial charge in [0.05, 0.1) is 11.0 Å². The third-order valence-electron chi connectivity index (χ3n) is 13.7. The number of benzene rings is 1. The standard InChI is InChI=1S/C40H49NO5/c41-26-10-14-28-13-8-17-30-33(28)35(43)46-40(30)32(19-18-27-11-2-1-3-12-27)38-23-6-7-24-39(38,40)34(45-36(38)44)31(42)20-25-37-21-5-4-15-29(37)16-9-22-37/h4-6,8,13,15,17,21,23,27,29,32,34H,1-3,7,9-12,14,16,18-20,22,24-26,41H2. The fourth-order valence-electron chi connectivity index (χ4n) is 11.7. The summed E-state index contributed by atoms with van der Waals surface area (Å²) in [4.78, 5) is 43.1. The number of hydrogen-bond acceptors (Lipinski definition) is 6. The van der Waals surface area contributed by atoms with Gasteiger partial charge in [0, 0.05) is 17.9 Å². The van der Waals surface area contributed by atoms with Crippen LogP contribution in [0.4, 0.5) is 0 Å². The normalized spacial score (nSPS) is 38.6. The minimum Gasteiger partial charge on any atom is -0.453 e. The average molecular weight is 624 g/mol. The zero-order valence-electron chi connectivity index (χ0n) is 27.1. The molecule has 0 amide bonds. The Morgan fingerprint density at radius 2 is 1.85 bits per heavy atom. The van der Waals surface area contributed by atoms with Crippen LogP contribution in [0.15, 0.2) is 54.7 Å². The number of allylic oxidation sites excluding steroid dienone is 5.